The molecule has 2 fully saturated rings. The molecule has 2 heterocycles. The summed E-state index contributed by atoms with van der Waals surface area (Å²) in [7, 11) is 5.42. The topological polar surface area (TPSA) is 132 Å². The third-order valence-corrected chi connectivity index (χ3v) is 7.87. The summed E-state index contributed by atoms with van der Waals surface area (Å²) in [6.07, 6.45) is 2.76. The molecule has 2 aromatic rings. The number of amides is 4. The Morgan fingerprint density at radius 2 is 1.78 bits per heavy atom. The maximum atomic E-state index is 13.3. The van der Waals surface area contributed by atoms with Crippen molar-refractivity contribution in [3.8, 4) is 0 Å². The molecule has 1 aromatic heterocycles. The number of H-pyrrole nitrogens is 1. The molecule has 0 unspecified atom stereocenters. The van der Waals surface area contributed by atoms with Crippen LogP contribution in [0.5, 0.6) is 0 Å². The minimum atomic E-state index is -1.03. The fraction of sp³-hybridized carbons (Fsp3) is 0.538. The van der Waals surface area contributed by atoms with Gasteiger partial charge >= 0.3 is 11.8 Å². The molecule has 1 aliphatic carbocycles. The molecule has 1 saturated heterocycles. The number of hydrogen-bond donors (Lipinski definition) is 3. The SMILES string of the molecule is CN1CCC(N(C(=O)C(N)=O)[C@@H]2C[C@@H](C(=O)N(C)C)CC[C@@H]2NC(=O)c2cc3cc(Cl)ccc3[nH]2)CC1. The number of piperidine rings is 1. The molecule has 0 bridgehead atoms. The van der Waals surface area contributed by atoms with Crippen molar-refractivity contribution in [2.24, 2.45) is 11.7 Å². The molecule has 4 amide bonds. The summed E-state index contributed by atoms with van der Waals surface area (Å²) in [6.45, 7) is 1.54. The number of halogens is 1. The fourth-order valence-corrected chi connectivity index (χ4v) is 5.85. The lowest BCUT2D eigenvalue weighted by atomic mass is 9.79. The second-order valence-corrected chi connectivity index (χ2v) is 10.9. The van der Waals surface area contributed by atoms with E-state index in [1.54, 1.807) is 42.1 Å². The summed E-state index contributed by atoms with van der Waals surface area (Å²) in [5, 5.41) is 4.47. The van der Waals surface area contributed by atoms with E-state index in [1.807, 2.05) is 13.1 Å². The van der Waals surface area contributed by atoms with E-state index in [-0.39, 0.29) is 23.8 Å². The Kier molecular flexibility index (Phi) is 8.08. The van der Waals surface area contributed by atoms with Crippen molar-refractivity contribution in [2.75, 3.05) is 34.2 Å². The molecule has 1 saturated carbocycles. The van der Waals surface area contributed by atoms with Crippen LogP contribution in [0.3, 0.4) is 0 Å². The first-order valence-corrected chi connectivity index (χ1v) is 13.0. The number of nitrogens with one attached hydrogen (secondary N) is 2. The maximum Gasteiger partial charge on any atom is 0.312 e. The van der Waals surface area contributed by atoms with E-state index in [9.17, 15) is 19.2 Å². The number of aromatic amines is 1. The molecule has 4 rings (SSSR count). The summed E-state index contributed by atoms with van der Waals surface area (Å²) < 4.78 is 0. The lowest BCUT2D eigenvalue weighted by Gasteiger charge is -2.47. The van der Waals surface area contributed by atoms with Gasteiger partial charge in [-0.3, -0.25) is 19.2 Å². The number of fused-ring (bicyclic) bond motifs is 1. The summed E-state index contributed by atoms with van der Waals surface area (Å²) in [5.41, 5.74) is 6.65. The van der Waals surface area contributed by atoms with E-state index < -0.39 is 23.9 Å². The first-order chi connectivity index (χ1) is 17.5. The second-order valence-electron chi connectivity index (χ2n) is 10.4. The minimum Gasteiger partial charge on any atom is -0.361 e. The lowest BCUT2D eigenvalue weighted by Crippen LogP contribution is -2.62. The van der Waals surface area contributed by atoms with Crippen LogP contribution in [0.25, 0.3) is 10.9 Å². The van der Waals surface area contributed by atoms with Gasteiger partial charge in [0.05, 0.1) is 6.04 Å². The molecule has 11 heteroatoms. The van der Waals surface area contributed by atoms with E-state index in [4.69, 9.17) is 17.3 Å². The van der Waals surface area contributed by atoms with Crippen LogP contribution in [-0.4, -0.2) is 95.7 Å². The number of primary amides is 1. The van der Waals surface area contributed by atoms with Crippen molar-refractivity contribution in [1.82, 2.24) is 25.0 Å². The third-order valence-electron chi connectivity index (χ3n) is 7.63. The lowest BCUT2D eigenvalue weighted by molar-refractivity contribution is -0.151. The monoisotopic (exact) mass is 530 g/mol. The van der Waals surface area contributed by atoms with Crippen molar-refractivity contribution in [3.05, 3.63) is 35.0 Å². The summed E-state index contributed by atoms with van der Waals surface area (Å²) in [4.78, 5) is 60.0. The zero-order valence-corrected chi connectivity index (χ0v) is 22.3. The van der Waals surface area contributed by atoms with Crippen molar-refractivity contribution in [2.45, 2.75) is 50.2 Å². The quantitative estimate of drug-likeness (QED) is 0.505. The number of carbonyl (C=O) groups is 4. The predicted molar refractivity (Wildman–Crippen MR) is 141 cm³/mol. The van der Waals surface area contributed by atoms with Gasteiger partial charge in [-0.25, -0.2) is 0 Å². The number of hydrogen-bond acceptors (Lipinski definition) is 5. The number of nitrogens with two attached hydrogens (primary N) is 1. The number of rotatable bonds is 5. The summed E-state index contributed by atoms with van der Waals surface area (Å²) >= 11 is 6.09. The largest absolute Gasteiger partial charge is 0.361 e. The Hall–Kier alpha value is -3.11. The summed E-state index contributed by atoms with van der Waals surface area (Å²) in [6, 6.07) is 5.87. The zero-order chi connectivity index (χ0) is 26.9. The van der Waals surface area contributed by atoms with E-state index >= 15 is 0 Å². The number of nitrogens with zero attached hydrogens (tertiary/aromatic N) is 3. The molecule has 0 spiro atoms. The van der Waals surface area contributed by atoms with Gasteiger partial charge < -0.3 is 30.7 Å². The van der Waals surface area contributed by atoms with Crippen molar-refractivity contribution < 1.29 is 19.2 Å². The van der Waals surface area contributed by atoms with Crippen LogP contribution >= 0.6 is 11.6 Å². The standard InChI is InChI=1S/C26H35ClN6O4/c1-31(2)25(36)15-4-6-20(30-24(35)21-13-16-12-17(27)5-7-19(16)29-21)22(14-15)33(26(37)23(28)34)18-8-10-32(3)11-9-18/h5,7,12-13,15,18,20,22,29H,4,6,8-11,14H2,1-3H3,(H2,28,34)(H,30,35)/t15-,20-,22+/m0/s1. The normalized spacial score (nSPS) is 23.0. The summed E-state index contributed by atoms with van der Waals surface area (Å²) in [5.74, 6) is -2.47. The van der Waals surface area contributed by atoms with Crippen LogP contribution in [-0.2, 0) is 14.4 Å². The predicted octanol–water partition coefficient (Wildman–Crippen LogP) is 1.58. The Bertz CT molecular complexity index is 1190. The fourth-order valence-electron chi connectivity index (χ4n) is 5.67. The minimum absolute atomic E-state index is 0.0304. The van der Waals surface area contributed by atoms with Crippen molar-refractivity contribution >= 4 is 46.1 Å². The molecular formula is C26H35ClN6O4. The zero-order valence-electron chi connectivity index (χ0n) is 21.5. The Labute approximate surface area is 221 Å². The van der Waals surface area contributed by atoms with Gasteiger partial charge in [-0.1, -0.05) is 11.6 Å². The van der Waals surface area contributed by atoms with Gasteiger partial charge in [0, 0.05) is 48.0 Å². The molecular weight excluding hydrogens is 496 g/mol. The molecule has 37 heavy (non-hydrogen) atoms. The Morgan fingerprint density at radius 1 is 1.08 bits per heavy atom. The average molecular weight is 531 g/mol. The molecule has 0 radical (unpaired) electrons. The first-order valence-electron chi connectivity index (χ1n) is 12.7. The molecule has 4 N–H and O–H groups in total. The highest BCUT2D eigenvalue weighted by molar-refractivity contribution is 6.34. The van der Waals surface area contributed by atoms with E-state index in [0.29, 0.717) is 42.8 Å². The number of aromatic nitrogens is 1. The molecule has 200 valence electrons. The van der Waals surface area contributed by atoms with E-state index in [2.05, 4.69) is 15.2 Å². The van der Waals surface area contributed by atoms with Crippen LogP contribution in [0.2, 0.25) is 5.02 Å². The van der Waals surface area contributed by atoms with Gasteiger partial charge in [0.1, 0.15) is 5.69 Å². The van der Waals surface area contributed by atoms with Crippen LogP contribution in [0.1, 0.15) is 42.6 Å². The third kappa shape index (κ3) is 5.91. The van der Waals surface area contributed by atoms with E-state index in [1.165, 1.54) is 0 Å². The van der Waals surface area contributed by atoms with Gasteiger partial charge in [-0.2, -0.15) is 0 Å². The first kappa shape index (κ1) is 26.9. The van der Waals surface area contributed by atoms with Crippen molar-refractivity contribution in [3.63, 3.8) is 0 Å². The van der Waals surface area contributed by atoms with Crippen molar-refractivity contribution in [1.29, 1.82) is 0 Å². The molecule has 3 atom stereocenters. The van der Waals surface area contributed by atoms with Crippen LogP contribution in [0.15, 0.2) is 24.3 Å². The molecule has 1 aliphatic heterocycles. The molecule has 2 aliphatic rings. The van der Waals surface area contributed by atoms with Gasteiger partial charge in [0.25, 0.3) is 5.91 Å². The smallest absolute Gasteiger partial charge is 0.312 e. The molecule has 1 aromatic carbocycles. The van der Waals surface area contributed by atoms with Gasteiger partial charge in [0.2, 0.25) is 5.91 Å². The highest BCUT2D eigenvalue weighted by Gasteiger charge is 2.44. The van der Waals surface area contributed by atoms with Crippen LogP contribution < -0.4 is 11.1 Å². The Morgan fingerprint density at radius 3 is 2.43 bits per heavy atom. The number of carbonyl (C=O) groups excluding carboxylic acids is 4. The molecule has 10 nitrogen and oxygen atoms in total. The number of likely N-dealkylation sites (tertiary alicyclic amines) is 1. The van der Waals surface area contributed by atoms with E-state index in [0.717, 1.165) is 24.0 Å². The second kappa shape index (κ2) is 11.1. The van der Waals surface area contributed by atoms with Crippen LogP contribution in [0.4, 0.5) is 0 Å². The number of benzene rings is 1. The maximum absolute atomic E-state index is 13.3. The average Bonchev–Trinajstić information content (AvgIpc) is 3.29. The highest BCUT2D eigenvalue weighted by Crippen LogP contribution is 2.33. The Balaban J connectivity index is 1.64. The van der Waals surface area contributed by atoms with Gasteiger partial charge in [-0.15, -0.1) is 0 Å². The van der Waals surface area contributed by atoms with Crippen LogP contribution in [0, 0.1) is 5.92 Å². The highest BCUT2D eigenvalue weighted by atomic mass is 35.5. The van der Waals surface area contributed by atoms with Gasteiger partial charge in [0.15, 0.2) is 0 Å². The van der Waals surface area contributed by atoms with Gasteiger partial charge in [-0.05, 0) is 76.5 Å².